The van der Waals surface area contributed by atoms with Gasteiger partial charge in [0.25, 0.3) is 16.7 Å². The first-order valence-electron chi connectivity index (χ1n) is 39.1. The van der Waals surface area contributed by atoms with E-state index in [1.54, 1.807) is 0 Å². The number of hydrogen-bond donors (Lipinski definition) is 12. The highest BCUT2D eigenvalue weighted by molar-refractivity contribution is 8.44. The molecule has 12 aliphatic heterocycles. The minimum Gasteiger partial charge on any atom is -0.369 e. The summed E-state index contributed by atoms with van der Waals surface area (Å²) in [6.07, 6.45) is -28.0. The van der Waals surface area contributed by atoms with E-state index < -0.39 is 249 Å². The number of aliphatic imine (C=N–C) groups is 2. The molecule has 6 bridgehead atoms. The van der Waals surface area contributed by atoms with Gasteiger partial charge in [-0.2, -0.15) is 47.0 Å². The third-order valence-corrected chi connectivity index (χ3v) is 31.3. The second-order valence-corrected chi connectivity index (χ2v) is 47.5. The van der Waals surface area contributed by atoms with Gasteiger partial charge < -0.3 is 97.2 Å². The van der Waals surface area contributed by atoms with Gasteiger partial charge in [0.1, 0.15) is 61.0 Å². The number of ketones is 3. The van der Waals surface area contributed by atoms with Crippen LogP contribution in [0.3, 0.4) is 0 Å². The number of nitrogens with zero attached hydrogens (tertiary/aromatic N) is 20. The van der Waals surface area contributed by atoms with Crippen LogP contribution in [0, 0.1) is 0 Å². The van der Waals surface area contributed by atoms with Gasteiger partial charge in [0, 0.05) is 37.9 Å². The molecule has 6 unspecified atom stereocenters. The van der Waals surface area contributed by atoms with Crippen molar-refractivity contribution >= 4 is 211 Å². The van der Waals surface area contributed by atoms with Crippen LogP contribution < -0.4 is 33.9 Å². The zero-order valence-corrected chi connectivity index (χ0v) is 77.5. The van der Waals surface area contributed by atoms with E-state index in [1.807, 2.05) is 0 Å². The first-order chi connectivity index (χ1) is 64.2. The van der Waals surface area contributed by atoms with Crippen molar-refractivity contribution in [3.05, 3.63) is 79.1 Å². The van der Waals surface area contributed by atoms with Gasteiger partial charge in [-0.05, 0) is 59.0 Å². The number of aromatic amines is 3. The molecule has 56 nitrogen and oxygen atoms in total. The maximum absolute atomic E-state index is 16.0. The Balaban J connectivity index is 0.000000131. The van der Waals surface area contributed by atoms with Gasteiger partial charge in [0.2, 0.25) is 36.1 Å². The molecular weight excluding hydrogens is 2090 g/mol. The second kappa shape index (κ2) is 36.4. The SMILES string of the molecule is Nc1nc2c(ncn2[C@@H]2O[C@@H]3COP(O)(=S)O[C@@H]4[C@@H](COP(=O)(S)O[C@@H]2[C@@H]3F)O[C@@H](n2nnc3c2N=CCC3=O)C4(F)F)c(=O)[nH]1.Nc1nc2c(ncn2[C@@H]2O[C@@H]3COP(O)(=S)O[C@@H]4[C@@H](COP(O)(=S)O[C@@H]2[C@@H]3F)O[C@@H](n2nnc3c2N=CCC3=O)C4(F)F)c(=O)[nH]1.Nc1nc2c(ncn2[C@@H]2O[C@@H]3COP(O)(=S)O[C@H]4C[C@H](c5cnc6n5N=CCC6=O)O[C@@H]4COP(O)(=S)O[C@@H]2[C@@H]3F)c(=O)[nH]1. The van der Waals surface area contributed by atoms with Crippen molar-refractivity contribution < 1.29 is 157 Å². The number of anilines is 3. The molecule has 9 aromatic heterocycles. The molecule has 27 atom stereocenters. The number of carbonyl (C=O) groups is 3. The van der Waals surface area contributed by atoms with E-state index >= 15 is 30.7 Å². The van der Waals surface area contributed by atoms with Crippen molar-refractivity contribution in [2.45, 2.75) is 167 Å². The Morgan fingerprint density at radius 3 is 1.24 bits per heavy atom. The molecule has 0 radical (unpaired) electrons. The molecule has 136 heavy (non-hydrogen) atoms. The number of ether oxygens (including phenoxy) is 6. The Bertz CT molecular complexity index is 6690. The molecule has 75 heteroatoms. The molecule has 12 aliphatic rings. The van der Waals surface area contributed by atoms with Crippen LogP contribution in [0.4, 0.5) is 60.2 Å². The summed E-state index contributed by atoms with van der Waals surface area (Å²) in [4.78, 5) is 171. The van der Waals surface area contributed by atoms with Gasteiger partial charge in [-0.1, -0.05) is 22.7 Å². The third-order valence-electron chi connectivity index (χ3n) is 21.9. The first kappa shape index (κ1) is 97.2. The van der Waals surface area contributed by atoms with E-state index in [9.17, 15) is 57.8 Å². The molecule has 732 valence electrons. The van der Waals surface area contributed by atoms with Crippen LogP contribution in [-0.2, 0) is 146 Å². The van der Waals surface area contributed by atoms with Crippen LogP contribution in [-0.4, -0.2) is 302 Å². The summed E-state index contributed by atoms with van der Waals surface area (Å²) in [5.41, 5.74) is 13.9. The van der Waals surface area contributed by atoms with Crippen LogP contribution in [0.1, 0.15) is 100 Å². The Labute approximate surface area is 778 Å². The van der Waals surface area contributed by atoms with Gasteiger partial charge in [0.15, 0.2) is 123 Å². The van der Waals surface area contributed by atoms with Gasteiger partial charge in [-0.25, -0.2) is 52.3 Å². The molecule has 9 aromatic rings. The lowest BCUT2D eigenvalue weighted by Gasteiger charge is -2.28. The Kier molecular flexibility index (Phi) is 26.0. The Morgan fingerprint density at radius 1 is 0.456 bits per heavy atom. The highest BCUT2D eigenvalue weighted by Crippen LogP contribution is 2.63. The summed E-state index contributed by atoms with van der Waals surface area (Å²) < 4.78 is 230. The minimum atomic E-state index is -4.66. The fourth-order valence-electron chi connectivity index (χ4n) is 15.9. The number of hydrogen-bond acceptors (Lipinski definition) is 47. The number of halogens is 7. The van der Waals surface area contributed by atoms with Crippen LogP contribution in [0.25, 0.3) is 33.5 Å². The number of nitrogens with two attached hydrogens (primary N) is 3. The van der Waals surface area contributed by atoms with Crippen molar-refractivity contribution in [2.24, 2.45) is 15.1 Å². The number of rotatable bonds is 6. The zero-order valence-electron chi connectivity index (χ0n) is 67.2. The molecule has 0 saturated carbocycles. The van der Waals surface area contributed by atoms with Gasteiger partial charge in [-0.15, -0.1) is 10.2 Å². The average Bonchev–Trinajstić information content (AvgIpc) is 1.58. The topological polar surface area (TPSA) is 721 Å². The van der Waals surface area contributed by atoms with E-state index in [4.69, 9.17) is 159 Å². The van der Waals surface area contributed by atoms with E-state index in [2.05, 4.69) is 97.8 Å². The van der Waals surface area contributed by atoms with Crippen LogP contribution in [0.2, 0.25) is 0 Å². The fourth-order valence-corrected chi connectivity index (χ4v) is 24.4. The second-order valence-electron chi connectivity index (χ2n) is 30.7. The molecular formula is C61H63F7N26O30P6S6. The maximum atomic E-state index is 16.0. The van der Waals surface area contributed by atoms with Crippen molar-refractivity contribution in [1.29, 1.82) is 0 Å². The summed E-state index contributed by atoms with van der Waals surface area (Å²) in [7, 11) is 0. The maximum Gasteiger partial charge on any atom is 0.386 e. The lowest BCUT2D eigenvalue weighted by Crippen LogP contribution is -2.41. The number of alkyl halides is 7. The van der Waals surface area contributed by atoms with Crippen molar-refractivity contribution in [3.63, 3.8) is 0 Å². The zero-order chi connectivity index (χ0) is 96.5. The van der Waals surface area contributed by atoms with Crippen molar-refractivity contribution in [1.82, 2.24) is 98.2 Å². The quantitative estimate of drug-likeness (QED) is 0.0641. The van der Waals surface area contributed by atoms with Crippen LogP contribution in [0.5, 0.6) is 0 Å². The van der Waals surface area contributed by atoms with Crippen LogP contribution in [0.15, 0.2) is 54.6 Å². The number of nitrogens with one attached hydrogen (secondary N) is 3. The lowest BCUT2D eigenvalue weighted by molar-refractivity contribution is -0.141. The molecule has 21 heterocycles. The normalized spacial score (nSPS) is 37.7. The molecule has 9 saturated heterocycles. The molecule has 0 amide bonds. The van der Waals surface area contributed by atoms with E-state index in [1.165, 1.54) is 34.1 Å². The lowest BCUT2D eigenvalue weighted by atomic mass is 10.1. The summed E-state index contributed by atoms with van der Waals surface area (Å²) in [5.74, 6) is -10.8. The summed E-state index contributed by atoms with van der Waals surface area (Å²) in [6.45, 7) is -31.4. The fraction of sp³-hybridized carbons (Fsp3) is 0.541. The van der Waals surface area contributed by atoms with Crippen LogP contribution >= 0.6 is 52.6 Å². The molecule has 21 rings (SSSR count). The molecule has 0 aromatic carbocycles. The predicted molar refractivity (Wildman–Crippen MR) is 457 cm³/mol. The smallest absolute Gasteiger partial charge is 0.369 e. The summed E-state index contributed by atoms with van der Waals surface area (Å²) in [5, 5.41) is 18.7. The molecule has 0 spiro atoms. The van der Waals surface area contributed by atoms with Gasteiger partial charge in [0.05, 0.1) is 83.0 Å². The molecule has 0 aliphatic carbocycles. The third kappa shape index (κ3) is 18.7. The highest BCUT2D eigenvalue weighted by Gasteiger charge is 2.67. The number of aromatic nitrogens is 20. The standard InChI is InChI=1S/C21H23FN8O10P2S2.2C20H20F3N9O10P2S2/c22-14-13-6-36-41(33,43)39-11-3-10(8-4-24-17-9(31)1-2-26-30(8)17)37-12(11)5-35-42(34,44)40-16(14)20(38-13)29-7-25-15-18(29)27-21(23)28-19(15)32;2*21-9-7-3-37-44(36,46)42-13-8(40-18(20(13,22)23)32-14-10(29-30-32)6(33)1-2-25-14)4-38-43(35,45)41-12(9)17(39-7)31-5-26-11-15(31)27-19(24)28-16(11)34/h2,4,7,10-14,16,20H,1,3,5-6H2,(H,33,43)(H,34,44)(H3,23,27,28,32);2*2,5,7-9,12-13,17-18H,1,3-4H2,(H,35,45)(H,36,46)(H3,24,27,28,34)/t10-,11+,12-,13-,14-,16-,20-,41?,42?;2*7-,8-,9-,12-,13-,17-,18-,43?,44?/m111/s1. The van der Waals surface area contributed by atoms with E-state index in [0.29, 0.717) is 15.1 Å². The number of carbonyl (C=O) groups excluding carboxylic acids is 3. The average molecular weight is 2150 g/mol. The first-order valence-corrected chi connectivity index (χ1v) is 54.7. The highest BCUT2D eigenvalue weighted by atomic mass is 32.7. The minimum absolute atomic E-state index is 0.0520. The molecule has 14 N–H and O–H groups in total. The number of H-pyrrole nitrogens is 3. The largest absolute Gasteiger partial charge is 0.386 e. The van der Waals surface area contributed by atoms with Crippen molar-refractivity contribution in [2.75, 3.05) is 56.8 Å². The van der Waals surface area contributed by atoms with Crippen molar-refractivity contribution in [3.8, 4) is 0 Å². The Hall–Kier alpha value is -7.62. The molecule has 9 fully saturated rings. The monoisotopic (exact) mass is 2150 g/mol. The van der Waals surface area contributed by atoms with E-state index in [-0.39, 0.29) is 112 Å². The Morgan fingerprint density at radius 2 is 0.824 bits per heavy atom. The predicted octanol–water partition coefficient (Wildman–Crippen LogP) is 1.76. The van der Waals surface area contributed by atoms with Gasteiger partial charge >= 0.3 is 52.2 Å². The van der Waals surface area contributed by atoms with Gasteiger partial charge in [-0.3, -0.25) is 84.6 Å². The number of Topliss-reactive ketones (excluding diaryl/α,β-unsaturated/α-hetero) is 3. The number of fused-ring (bicyclic) bond motifs is 15. The number of thiol groups is 1. The summed E-state index contributed by atoms with van der Waals surface area (Å²) >= 11 is 29.4. The van der Waals surface area contributed by atoms with E-state index in [0.717, 1.165) is 28.1 Å². The number of imidazole rings is 4. The summed E-state index contributed by atoms with van der Waals surface area (Å²) in [6, 6.07) is 0. The number of nitrogen functional groups attached to an aromatic ring is 3.